The van der Waals surface area contributed by atoms with Gasteiger partial charge in [-0.15, -0.1) is 0 Å². The highest BCUT2D eigenvalue weighted by molar-refractivity contribution is 6.30. The summed E-state index contributed by atoms with van der Waals surface area (Å²) in [6.45, 7) is 3.61. The van der Waals surface area contributed by atoms with E-state index in [1.807, 2.05) is 0 Å². The van der Waals surface area contributed by atoms with E-state index >= 15 is 0 Å². The van der Waals surface area contributed by atoms with Gasteiger partial charge in [0.15, 0.2) is 0 Å². The van der Waals surface area contributed by atoms with Gasteiger partial charge >= 0.3 is 5.97 Å². The molecule has 1 aliphatic heterocycles. The Labute approximate surface area is 104 Å². The van der Waals surface area contributed by atoms with Crippen LogP contribution in [0.4, 0.5) is 0 Å². The van der Waals surface area contributed by atoms with Crippen molar-refractivity contribution in [2.24, 2.45) is 5.73 Å². The first-order valence-corrected chi connectivity index (χ1v) is 5.64. The molecule has 0 bridgehead atoms. The number of carboxylic acids is 1. The van der Waals surface area contributed by atoms with Crippen molar-refractivity contribution < 1.29 is 14.6 Å². The highest BCUT2D eigenvalue weighted by Crippen LogP contribution is 2.43. The van der Waals surface area contributed by atoms with Crippen LogP contribution in [0, 0.1) is 0 Å². The molecule has 92 valence electrons. The second kappa shape index (κ2) is 3.62. The Morgan fingerprint density at radius 2 is 2.18 bits per heavy atom. The van der Waals surface area contributed by atoms with Crippen molar-refractivity contribution >= 4 is 17.6 Å². The van der Waals surface area contributed by atoms with Crippen molar-refractivity contribution in [2.45, 2.75) is 31.4 Å². The molecule has 0 aliphatic carbocycles. The van der Waals surface area contributed by atoms with Crippen LogP contribution in [0.2, 0.25) is 5.02 Å². The molecule has 0 saturated carbocycles. The predicted molar refractivity (Wildman–Crippen MR) is 64.3 cm³/mol. The number of fused-ring (bicyclic) bond motifs is 1. The number of benzene rings is 1. The molecular formula is C12H14ClNO3. The average molecular weight is 256 g/mol. The number of nitrogens with two attached hydrogens (primary N) is 1. The molecule has 1 atom stereocenters. The fourth-order valence-electron chi connectivity index (χ4n) is 2.24. The first-order valence-electron chi connectivity index (χ1n) is 5.26. The van der Waals surface area contributed by atoms with Crippen LogP contribution in [0.3, 0.4) is 0 Å². The van der Waals surface area contributed by atoms with Gasteiger partial charge in [-0.05, 0) is 26.0 Å². The number of aliphatic carboxylic acids is 1. The molecule has 0 amide bonds. The summed E-state index contributed by atoms with van der Waals surface area (Å²) < 4.78 is 5.72. The van der Waals surface area contributed by atoms with Gasteiger partial charge < -0.3 is 15.6 Å². The van der Waals surface area contributed by atoms with Crippen molar-refractivity contribution in [3.05, 3.63) is 28.8 Å². The molecule has 0 spiro atoms. The molecular weight excluding hydrogens is 242 g/mol. The topological polar surface area (TPSA) is 72.6 Å². The zero-order valence-corrected chi connectivity index (χ0v) is 10.4. The standard InChI is InChI=1S/C12H14ClNO3/c1-11(2)6-12(14,10(15)16)8-4-3-7(13)5-9(8)17-11/h3-5H,6,14H2,1-2H3,(H,15,16). The lowest BCUT2D eigenvalue weighted by atomic mass is 9.78. The summed E-state index contributed by atoms with van der Waals surface area (Å²) in [4.78, 5) is 11.4. The molecule has 4 nitrogen and oxygen atoms in total. The van der Waals surface area contributed by atoms with E-state index in [1.165, 1.54) is 0 Å². The molecule has 0 aromatic heterocycles. The average Bonchev–Trinajstić information content (AvgIpc) is 2.14. The monoisotopic (exact) mass is 255 g/mol. The summed E-state index contributed by atoms with van der Waals surface area (Å²) in [7, 11) is 0. The van der Waals surface area contributed by atoms with Crippen LogP contribution in [-0.4, -0.2) is 16.7 Å². The fourth-order valence-corrected chi connectivity index (χ4v) is 2.40. The Hall–Kier alpha value is -1.26. The van der Waals surface area contributed by atoms with Gasteiger partial charge in [-0.1, -0.05) is 17.7 Å². The number of rotatable bonds is 1. The highest BCUT2D eigenvalue weighted by atomic mass is 35.5. The van der Waals surface area contributed by atoms with Crippen molar-refractivity contribution in [2.75, 3.05) is 0 Å². The number of hydrogen-bond acceptors (Lipinski definition) is 3. The van der Waals surface area contributed by atoms with E-state index in [0.29, 0.717) is 16.3 Å². The molecule has 3 N–H and O–H groups in total. The smallest absolute Gasteiger partial charge is 0.328 e. The zero-order valence-electron chi connectivity index (χ0n) is 9.66. The van der Waals surface area contributed by atoms with Crippen molar-refractivity contribution in [1.82, 2.24) is 0 Å². The molecule has 0 saturated heterocycles. The second-order valence-corrected chi connectivity index (χ2v) is 5.39. The zero-order chi connectivity index (χ0) is 12.8. The van der Waals surface area contributed by atoms with Crippen LogP contribution >= 0.6 is 11.6 Å². The third kappa shape index (κ3) is 1.98. The molecule has 1 heterocycles. The molecule has 1 aliphatic rings. The number of ether oxygens (including phenoxy) is 1. The van der Waals surface area contributed by atoms with E-state index in [2.05, 4.69) is 0 Å². The summed E-state index contributed by atoms with van der Waals surface area (Å²) in [5.74, 6) is -0.615. The minimum absolute atomic E-state index is 0.212. The summed E-state index contributed by atoms with van der Waals surface area (Å²) in [6.07, 6.45) is 0.212. The van der Waals surface area contributed by atoms with Gasteiger partial charge in [-0.2, -0.15) is 0 Å². The molecule has 17 heavy (non-hydrogen) atoms. The largest absolute Gasteiger partial charge is 0.487 e. The van der Waals surface area contributed by atoms with E-state index in [0.717, 1.165) is 0 Å². The molecule has 1 aromatic carbocycles. The minimum Gasteiger partial charge on any atom is -0.487 e. The third-order valence-corrected chi connectivity index (χ3v) is 3.13. The quantitative estimate of drug-likeness (QED) is 0.806. The second-order valence-electron chi connectivity index (χ2n) is 4.96. The summed E-state index contributed by atoms with van der Waals surface area (Å²) >= 11 is 5.87. The van der Waals surface area contributed by atoms with Crippen molar-refractivity contribution in [3.63, 3.8) is 0 Å². The molecule has 1 unspecified atom stereocenters. The fraction of sp³-hybridized carbons (Fsp3) is 0.417. The van der Waals surface area contributed by atoms with Gasteiger partial charge in [0, 0.05) is 17.0 Å². The normalized spacial score (nSPS) is 25.9. The van der Waals surface area contributed by atoms with Crippen molar-refractivity contribution in [1.29, 1.82) is 0 Å². The minimum atomic E-state index is -1.43. The lowest BCUT2D eigenvalue weighted by molar-refractivity contribution is -0.147. The Balaban J connectivity index is 2.63. The van der Waals surface area contributed by atoms with Gasteiger partial charge in [0.2, 0.25) is 0 Å². The van der Waals surface area contributed by atoms with Crippen LogP contribution in [-0.2, 0) is 10.3 Å². The van der Waals surface area contributed by atoms with Crippen LogP contribution in [0.5, 0.6) is 5.75 Å². The summed E-state index contributed by atoms with van der Waals surface area (Å²) in [6, 6.07) is 4.83. The first kappa shape index (κ1) is 12.2. The van der Waals surface area contributed by atoms with Gasteiger partial charge in [-0.25, -0.2) is 4.79 Å². The third-order valence-electron chi connectivity index (χ3n) is 2.90. The van der Waals surface area contributed by atoms with Gasteiger partial charge in [0.25, 0.3) is 0 Å². The van der Waals surface area contributed by atoms with Crippen LogP contribution in [0.15, 0.2) is 18.2 Å². The summed E-state index contributed by atoms with van der Waals surface area (Å²) in [5.41, 5.74) is 4.42. The maximum Gasteiger partial charge on any atom is 0.328 e. The van der Waals surface area contributed by atoms with E-state index in [-0.39, 0.29) is 6.42 Å². The first-order chi connectivity index (χ1) is 7.74. The van der Waals surface area contributed by atoms with Gasteiger partial charge in [0.1, 0.15) is 16.9 Å². The maximum absolute atomic E-state index is 11.4. The van der Waals surface area contributed by atoms with Crippen LogP contribution in [0.1, 0.15) is 25.8 Å². The van der Waals surface area contributed by atoms with E-state index in [4.69, 9.17) is 22.1 Å². The van der Waals surface area contributed by atoms with Crippen LogP contribution < -0.4 is 10.5 Å². The maximum atomic E-state index is 11.4. The lowest BCUT2D eigenvalue weighted by Crippen LogP contribution is -2.54. The molecule has 5 heteroatoms. The lowest BCUT2D eigenvalue weighted by Gasteiger charge is -2.41. The Bertz CT molecular complexity index is 487. The number of carboxylic acid groups (broad SMARTS) is 1. The van der Waals surface area contributed by atoms with Gasteiger partial charge in [-0.3, -0.25) is 0 Å². The highest BCUT2D eigenvalue weighted by Gasteiger charge is 2.48. The van der Waals surface area contributed by atoms with E-state index in [1.54, 1.807) is 32.0 Å². The number of carbonyl (C=O) groups is 1. The number of halogens is 1. The molecule has 2 rings (SSSR count). The molecule has 0 radical (unpaired) electrons. The number of hydrogen-bond donors (Lipinski definition) is 2. The van der Waals surface area contributed by atoms with Gasteiger partial charge in [0.05, 0.1) is 0 Å². The molecule has 1 aromatic rings. The Kier molecular flexibility index (Phi) is 2.60. The SMILES string of the molecule is CC1(C)CC(N)(C(=O)O)c2ccc(Cl)cc2O1. The Morgan fingerprint density at radius 3 is 2.76 bits per heavy atom. The van der Waals surface area contributed by atoms with E-state index < -0.39 is 17.1 Å². The predicted octanol–water partition coefficient (Wildman–Crippen LogP) is 2.14. The Morgan fingerprint density at radius 1 is 1.53 bits per heavy atom. The molecule has 0 fully saturated rings. The van der Waals surface area contributed by atoms with Crippen LogP contribution in [0.25, 0.3) is 0 Å². The van der Waals surface area contributed by atoms with Crippen molar-refractivity contribution in [3.8, 4) is 5.75 Å². The summed E-state index contributed by atoms with van der Waals surface area (Å²) in [5, 5.41) is 9.83. The van der Waals surface area contributed by atoms with E-state index in [9.17, 15) is 9.90 Å².